The van der Waals surface area contributed by atoms with Crippen LogP contribution in [0.1, 0.15) is 36.9 Å². The fraction of sp³-hybridized carbons (Fsp3) is 0.417. The van der Waals surface area contributed by atoms with Crippen LogP contribution in [-0.2, 0) is 16.1 Å². The van der Waals surface area contributed by atoms with Crippen LogP contribution in [0.25, 0.3) is 10.2 Å². The summed E-state index contributed by atoms with van der Waals surface area (Å²) >= 11 is 2.65. The molecule has 0 saturated carbocycles. The van der Waals surface area contributed by atoms with Crippen molar-refractivity contribution in [2.75, 3.05) is 25.4 Å². The van der Waals surface area contributed by atoms with Crippen LogP contribution >= 0.6 is 23.1 Å². The van der Waals surface area contributed by atoms with Crippen LogP contribution in [0.4, 0.5) is 4.79 Å². The molecule has 0 bridgehead atoms. The van der Waals surface area contributed by atoms with Crippen molar-refractivity contribution in [3.8, 4) is 0 Å². The zero-order valence-corrected chi connectivity index (χ0v) is 20.9. The maximum atomic E-state index is 13.3. The molecule has 1 saturated heterocycles. The summed E-state index contributed by atoms with van der Waals surface area (Å²) in [5.41, 5.74) is 2.77. The number of hydrogen-bond acceptors (Lipinski definition) is 7. The number of piperidine rings is 1. The molecule has 10 heteroatoms. The van der Waals surface area contributed by atoms with Gasteiger partial charge in [-0.15, -0.1) is 11.3 Å². The first-order valence-electron chi connectivity index (χ1n) is 11.3. The number of aromatic nitrogens is 2. The summed E-state index contributed by atoms with van der Waals surface area (Å²) in [6.07, 6.45) is 0.939. The number of ether oxygens (including phenoxy) is 1. The fourth-order valence-corrected chi connectivity index (χ4v) is 5.60. The molecule has 3 heterocycles. The van der Waals surface area contributed by atoms with Gasteiger partial charge in [-0.25, -0.2) is 9.78 Å². The van der Waals surface area contributed by atoms with Crippen molar-refractivity contribution in [2.45, 2.75) is 44.4 Å². The van der Waals surface area contributed by atoms with Crippen molar-refractivity contribution in [1.29, 1.82) is 0 Å². The molecule has 2 amide bonds. The van der Waals surface area contributed by atoms with Crippen LogP contribution in [0.3, 0.4) is 0 Å². The minimum absolute atomic E-state index is 0.0860. The van der Waals surface area contributed by atoms with Crippen LogP contribution in [0.5, 0.6) is 0 Å². The van der Waals surface area contributed by atoms with Gasteiger partial charge in [0.2, 0.25) is 5.91 Å². The molecule has 1 aliphatic heterocycles. The second kappa shape index (κ2) is 11.1. The summed E-state index contributed by atoms with van der Waals surface area (Å²) in [6, 6.07) is 9.76. The highest BCUT2D eigenvalue weighted by Crippen LogP contribution is 2.28. The number of nitrogens with zero attached hydrogens (tertiary/aromatic N) is 3. The third-order valence-electron chi connectivity index (χ3n) is 5.78. The number of nitrogens with one attached hydrogen (secondary N) is 1. The van der Waals surface area contributed by atoms with E-state index < -0.39 is 0 Å². The molecule has 0 atom stereocenters. The van der Waals surface area contributed by atoms with E-state index in [2.05, 4.69) is 5.32 Å². The molecule has 2 aromatic heterocycles. The lowest BCUT2D eigenvalue weighted by Crippen LogP contribution is -2.41. The Morgan fingerprint density at radius 1 is 1.21 bits per heavy atom. The Kier molecular flexibility index (Phi) is 7.89. The monoisotopic (exact) mass is 500 g/mol. The predicted molar refractivity (Wildman–Crippen MR) is 134 cm³/mol. The molecule has 180 valence electrons. The Morgan fingerprint density at radius 2 is 1.94 bits per heavy atom. The van der Waals surface area contributed by atoms with Crippen molar-refractivity contribution in [1.82, 2.24) is 19.8 Å². The minimum atomic E-state index is -0.319. The second-order valence-corrected chi connectivity index (χ2v) is 10.0. The van der Waals surface area contributed by atoms with Gasteiger partial charge in [-0.1, -0.05) is 41.6 Å². The van der Waals surface area contributed by atoms with Gasteiger partial charge in [0.15, 0.2) is 5.16 Å². The number of rotatable bonds is 7. The molecular weight excluding hydrogens is 472 g/mol. The SMILES string of the molecule is CCOC(=O)N1CCC(n2c(SCC(=O)NCc3ccc(C)cc3)nc3ccsc3c2=O)CC1. The van der Waals surface area contributed by atoms with E-state index in [0.717, 1.165) is 5.56 Å². The average molecular weight is 501 g/mol. The maximum Gasteiger partial charge on any atom is 0.409 e. The van der Waals surface area contributed by atoms with E-state index in [1.165, 1.54) is 28.7 Å². The van der Waals surface area contributed by atoms with E-state index in [9.17, 15) is 14.4 Å². The Balaban J connectivity index is 1.46. The largest absolute Gasteiger partial charge is 0.450 e. The number of thiophene rings is 1. The molecular formula is C24H28N4O4S2. The molecule has 0 radical (unpaired) electrons. The highest BCUT2D eigenvalue weighted by molar-refractivity contribution is 7.99. The van der Waals surface area contributed by atoms with Crippen LogP contribution in [0, 0.1) is 6.92 Å². The summed E-state index contributed by atoms with van der Waals surface area (Å²) in [7, 11) is 0. The van der Waals surface area contributed by atoms with Crippen molar-refractivity contribution in [2.24, 2.45) is 0 Å². The molecule has 4 rings (SSSR count). The Morgan fingerprint density at radius 3 is 2.65 bits per heavy atom. The number of likely N-dealkylation sites (tertiary alicyclic amines) is 1. The van der Waals surface area contributed by atoms with Gasteiger partial charge < -0.3 is 15.0 Å². The molecule has 0 unspecified atom stereocenters. The van der Waals surface area contributed by atoms with Crippen molar-refractivity contribution < 1.29 is 14.3 Å². The quantitative estimate of drug-likeness (QED) is 0.390. The molecule has 0 spiro atoms. The Hall–Kier alpha value is -2.85. The number of aryl methyl sites for hydroxylation is 1. The smallest absolute Gasteiger partial charge is 0.409 e. The van der Waals surface area contributed by atoms with E-state index in [4.69, 9.17) is 9.72 Å². The number of fused-ring (bicyclic) bond motifs is 1. The Labute approximate surface area is 206 Å². The van der Waals surface area contributed by atoms with Gasteiger partial charge in [-0.3, -0.25) is 14.2 Å². The van der Waals surface area contributed by atoms with E-state index in [-0.39, 0.29) is 29.4 Å². The van der Waals surface area contributed by atoms with Crippen LogP contribution in [0.2, 0.25) is 0 Å². The van der Waals surface area contributed by atoms with Gasteiger partial charge in [0.25, 0.3) is 5.56 Å². The van der Waals surface area contributed by atoms with E-state index in [1.807, 2.05) is 42.6 Å². The van der Waals surface area contributed by atoms with Crippen molar-refractivity contribution in [3.63, 3.8) is 0 Å². The molecule has 1 aliphatic rings. The third-order valence-corrected chi connectivity index (χ3v) is 7.62. The van der Waals surface area contributed by atoms with E-state index in [0.29, 0.717) is 54.5 Å². The first-order chi connectivity index (χ1) is 16.5. The Bertz CT molecular complexity index is 1210. The zero-order chi connectivity index (χ0) is 24.1. The first-order valence-corrected chi connectivity index (χ1v) is 13.2. The lowest BCUT2D eigenvalue weighted by Gasteiger charge is -2.32. The summed E-state index contributed by atoms with van der Waals surface area (Å²) in [5, 5.41) is 5.33. The second-order valence-electron chi connectivity index (χ2n) is 8.17. The number of thioether (sulfide) groups is 1. The van der Waals surface area contributed by atoms with Gasteiger partial charge in [0.1, 0.15) is 4.70 Å². The summed E-state index contributed by atoms with van der Waals surface area (Å²) < 4.78 is 7.44. The van der Waals surface area contributed by atoms with Crippen LogP contribution in [-0.4, -0.2) is 51.9 Å². The standard InChI is InChI=1S/C24H28N4O4S2/c1-3-32-24(31)27-11-8-18(9-12-27)28-22(30)21-19(10-13-33-21)26-23(28)34-15-20(29)25-14-17-6-4-16(2)5-7-17/h4-7,10,13,18H,3,8-9,11-12,14-15H2,1-2H3,(H,25,29). The van der Waals surface area contributed by atoms with Crippen LogP contribution < -0.4 is 10.9 Å². The van der Waals surface area contributed by atoms with Gasteiger partial charge in [-0.2, -0.15) is 0 Å². The summed E-state index contributed by atoms with van der Waals surface area (Å²) in [6.45, 7) is 5.63. The predicted octanol–water partition coefficient (Wildman–Crippen LogP) is 3.97. The van der Waals surface area contributed by atoms with E-state index in [1.54, 1.807) is 16.4 Å². The molecule has 34 heavy (non-hydrogen) atoms. The highest BCUT2D eigenvalue weighted by atomic mass is 32.2. The lowest BCUT2D eigenvalue weighted by molar-refractivity contribution is -0.118. The fourth-order valence-electron chi connectivity index (χ4n) is 3.94. The van der Waals surface area contributed by atoms with Crippen LogP contribution in [0.15, 0.2) is 45.7 Å². The van der Waals surface area contributed by atoms with Crippen molar-refractivity contribution >= 4 is 45.3 Å². The van der Waals surface area contributed by atoms with Crippen molar-refractivity contribution in [3.05, 3.63) is 57.2 Å². The number of amides is 2. The molecule has 8 nitrogen and oxygen atoms in total. The topological polar surface area (TPSA) is 93.5 Å². The number of benzene rings is 1. The average Bonchev–Trinajstić information content (AvgIpc) is 3.32. The molecule has 1 N–H and O–H groups in total. The number of carbonyl (C=O) groups excluding carboxylic acids is 2. The number of carbonyl (C=O) groups is 2. The highest BCUT2D eigenvalue weighted by Gasteiger charge is 2.28. The van der Waals surface area contributed by atoms with Gasteiger partial charge in [0.05, 0.1) is 17.9 Å². The summed E-state index contributed by atoms with van der Waals surface area (Å²) in [5.74, 6) is 0.0456. The lowest BCUT2D eigenvalue weighted by atomic mass is 10.1. The molecule has 1 aromatic carbocycles. The van der Waals surface area contributed by atoms with Gasteiger partial charge in [-0.05, 0) is 43.7 Å². The normalized spacial score (nSPS) is 14.4. The third kappa shape index (κ3) is 5.61. The number of hydrogen-bond donors (Lipinski definition) is 1. The van der Waals surface area contributed by atoms with Gasteiger partial charge in [0, 0.05) is 25.7 Å². The van der Waals surface area contributed by atoms with E-state index >= 15 is 0 Å². The molecule has 1 fully saturated rings. The molecule has 3 aromatic rings. The summed E-state index contributed by atoms with van der Waals surface area (Å²) in [4.78, 5) is 44.3. The molecule has 0 aliphatic carbocycles. The minimum Gasteiger partial charge on any atom is -0.450 e. The zero-order valence-electron chi connectivity index (χ0n) is 19.3. The maximum absolute atomic E-state index is 13.3. The van der Waals surface area contributed by atoms with Gasteiger partial charge >= 0.3 is 6.09 Å². The first kappa shape index (κ1) is 24.3.